The number of aromatic nitrogens is 2. The summed E-state index contributed by atoms with van der Waals surface area (Å²) in [5.41, 5.74) is 4.02. The number of hydrogen-bond donors (Lipinski definition) is 1. The van der Waals surface area contributed by atoms with Gasteiger partial charge in [0.25, 0.3) is 5.91 Å². The largest absolute Gasteiger partial charge is 0.449 e. The van der Waals surface area contributed by atoms with Gasteiger partial charge in [-0.2, -0.15) is 0 Å². The number of carbonyl (C=O) groups is 2. The molecule has 0 saturated heterocycles. The number of benzene rings is 2. The number of ether oxygens (including phenoxy) is 1. The van der Waals surface area contributed by atoms with Crippen molar-refractivity contribution in [2.75, 3.05) is 23.9 Å². The minimum Gasteiger partial charge on any atom is -0.449 e. The Bertz CT molecular complexity index is 1260. The first kappa shape index (κ1) is 21.0. The van der Waals surface area contributed by atoms with Crippen LogP contribution in [0.5, 0.6) is 0 Å². The molecular formula is C25H22N4O3. The van der Waals surface area contributed by atoms with Gasteiger partial charge in [-0.25, -0.2) is 9.78 Å². The van der Waals surface area contributed by atoms with E-state index in [2.05, 4.69) is 15.3 Å². The molecule has 7 heteroatoms. The zero-order valence-electron chi connectivity index (χ0n) is 17.8. The molecular weight excluding hydrogens is 404 g/mol. The average molecular weight is 426 g/mol. The fourth-order valence-corrected chi connectivity index (χ4v) is 3.32. The number of anilines is 2. The molecule has 0 aliphatic rings. The Morgan fingerprint density at radius 1 is 1.03 bits per heavy atom. The van der Waals surface area contributed by atoms with Crippen molar-refractivity contribution in [2.24, 2.45) is 0 Å². The van der Waals surface area contributed by atoms with Gasteiger partial charge in [0.1, 0.15) is 0 Å². The van der Waals surface area contributed by atoms with Gasteiger partial charge in [0, 0.05) is 41.8 Å². The maximum absolute atomic E-state index is 13.2. The van der Waals surface area contributed by atoms with Crippen LogP contribution < -0.4 is 10.2 Å². The topological polar surface area (TPSA) is 84.4 Å². The fourth-order valence-electron chi connectivity index (χ4n) is 3.32. The lowest BCUT2D eigenvalue weighted by atomic mass is 10.0. The Labute approximate surface area is 185 Å². The molecule has 2 aromatic carbocycles. The van der Waals surface area contributed by atoms with Gasteiger partial charge in [-0.15, -0.1) is 0 Å². The van der Waals surface area contributed by atoms with Crippen LogP contribution in [0.2, 0.25) is 0 Å². The van der Waals surface area contributed by atoms with Gasteiger partial charge < -0.3 is 10.1 Å². The van der Waals surface area contributed by atoms with Gasteiger partial charge >= 0.3 is 6.09 Å². The fraction of sp³-hybridized carbons (Fsp3) is 0.120. The summed E-state index contributed by atoms with van der Waals surface area (Å²) in [5.74, 6) is -0.250. The summed E-state index contributed by atoms with van der Waals surface area (Å²) in [7, 11) is 1.63. The van der Waals surface area contributed by atoms with Crippen molar-refractivity contribution in [1.82, 2.24) is 9.97 Å². The van der Waals surface area contributed by atoms with E-state index in [0.717, 1.165) is 16.5 Å². The van der Waals surface area contributed by atoms with Gasteiger partial charge in [-0.1, -0.05) is 18.2 Å². The lowest BCUT2D eigenvalue weighted by molar-refractivity contribution is 0.102. The van der Waals surface area contributed by atoms with Gasteiger partial charge in [-0.05, 0) is 55.5 Å². The van der Waals surface area contributed by atoms with Crippen molar-refractivity contribution >= 4 is 34.3 Å². The predicted octanol–water partition coefficient (Wildman–Crippen LogP) is 5.14. The van der Waals surface area contributed by atoms with E-state index in [9.17, 15) is 9.59 Å². The van der Waals surface area contributed by atoms with E-state index in [1.165, 1.54) is 4.90 Å². The van der Waals surface area contributed by atoms with E-state index in [1.54, 1.807) is 56.7 Å². The molecule has 2 aromatic heterocycles. The molecule has 0 aliphatic carbocycles. The summed E-state index contributed by atoms with van der Waals surface area (Å²) < 4.78 is 5.01. The smallest absolute Gasteiger partial charge is 0.413 e. The molecule has 0 spiro atoms. The Morgan fingerprint density at radius 2 is 1.81 bits per heavy atom. The minimum absolute atomic E-state index is 0.250. The van der Waals surface area contributed by atoms with Crippen molar-refractivity contribution in [3.8, 4) is 11.3 Å². The molecule has 1 N–H and O–H groups in total. The number of pyridine rings is 2. The Morgan fingerprint density at radius 3 is 2.53 bits per heavy atom. The van der Waals surface area contributed by atoms with Gasteiger partial charge in [0.2, 0.25) is 0 Å². The summed E-state index contributed by atoms with van der Waals surface area (Å²) in [6, 6.07) is 20.0. The molecule has 160 valence electrons. The quantitative estimate of drug-likeness (QED) is 0.478. The molecule has 2 heterocycles. The molecule has 4 rings (SSSR count). The molecule has 0 aliphatic heterocycles. The van der Waals surface area contributed by atoms with Crippen molar-refractivity contribution < 1.29 is 14.3 Å². The third-order valence-corrected chi connectivity index (χ3v) is 4.97. The highest BCUT2D eigenvalue weighted by molar-refractivity contribution is 6.13. The third kappa shape index (κ3) is 4.41. The highest BCUT2D eigenvalue weighted by Gasteiger charge is 2.15. The number of carbonyl (C=O) groups excluding carboxylic acids is 2. The molecule has 0 radical (unpaired) electrons. The molecule has 0 saturated carbocycles. The number of nitrogens with zero attached hydrogens (tertiary/aromatic N) is 3. The zero-order chi connectivity index (χ0) is 22.5. The second-order valence-electron chi connectivity index (χ2n) is 7.07. The lowest BCUT2D eigenvalue weighted by Crippen LogP contribution is -2.26. The SMILES string of the molecule is CCOC(=O)N(C)c1ccc(NC(=O)c2cc(-c3cccnc3)nc3ccccc23)cc1. The van der Waals surface area contributed by atoms with Crippen molar-refractivity contribution in [3.05, 3.63) is 84.7 Å². The summed E-state index contributed by atoms with van der Waals surface area (Å²) in [6.45, 7) is 2.06. The molecule has 32 heavy (non-hydrogen) atoms. The molecule has 2 amide bonds. The highest BCUT2D eigenvalue weighted by Crippen LogP contribution is 2.26. The van der Waals surface area contributed by atoms with Crippen LogP contribution in [-0.2, 0) is 4.74 Å². The van der Waals surface area contributed by atoms with E-state index in [1.807, 2.05) is 36.4 Å². The number of amides is 2. The summed E-state index contributed by atoms with van der Waals surface area (Å²) in [5, 5.41) is 3.69. The van der Waals surface area contributed by atoms with Crippen LogP contribution >= 0.6 is 0 Å². The third-order valence-electron chi connectivity index (χ3n) is 4.97. The van der Waals surface area contributed by atoms with E-state index < -0.39 is 6.09 Å². The van der Waals surface area contributed by atoms with Crippen molar-refractivity contribution in [1.29, 1.82) is 0 Å². The molecule has 0 unspecified atom stereocenters. The van der Waals surface area contributed by atoms with E-state index in [4.69, 9.17) is 4.74 Å². The van der Waals surface area contributed by atoms with Crippen LogP contribution in [0.25, 0.3) is 22.2 Å². The normalized spacial score (nSPS) is 10.6. The molecule has 0 bridgehead atoms. The summed E-state index contributed by atoms with van der Waals surface area (Å²) in [6.07, 6.45) is 2.98. The molecule has 0 fully saturated rings. The summed E-state index contributed by atoms with van der Waals surface area (Å²) >= 11 is 0. The number of rotatable bonds is 5. The second kappa shape index (κ2) is 9.26. The standard InChI is InChI=1S/C25H22N4O3/c1-3-32-25(31)29(2)19-12-10-18(11-13-19)27-24(30)21-15-23(17-7-6-14-26-16-17)28-22-9-5-4-8-20(21)22/h4-16H,3H2,1-2H3,(H,27,30). The number of fused-ring (bicyclic) bond motifs is 1. The molecule has 0 atom stereocenters. The second-order valence-corrected chi connectivity index (χ2v) is 7.07. The molecule has 7 nitrogen and oxygen atoms in total. The highest BCUT2D eigenvalue weighted by atomic mass is 16.6. The maximum atomic E-state index is 13.2. The van der Waals surface area contributed by atoms with Crippen LogP contribution in [0.3, 0.4) is 0 Å². The predicted molar refractivity (Wildman–Crippen MR) is 125 cm³/mol. The van der Waals surface area contributed by atoms with Gasteiger partial charge in [-0.3, -0.25) is 14.7 Å². The van der Waals surface area contributed by atoms with E-state index in [0.29, 0.717) is 29.2 Å². The van der Waals surface area contributed by atoms with E-state index >= 15 is 0 Å². The van der Waals surface area contributed by atoms with Crippen molar-refractivity contribution in [2.45, 2.75) is 6.92 Å². The molecule has 4 aromatic rings. The van der Waals surface area contributed by atoms with Crippen LogP contribution in [-0.4, -0.2) is 35.6 Å². The zero-order valence-corrected chi connectivity index (χ0v) is 17.8. The van der Waals surface area contributed by atoms with Crippen LogP contribution in [0.4, 0.5) is 16.2 Å². The average Bonchev–Trinajstić information content (AvgIpc) is 2.84. The number of nitrogens with one attached hydrogen (secondary N) is 1. The number of hydrogen-bond acceptors (Lipinski definition) is 5. The first-order valence-electron chi connectivity index (χ1n) is 10.2. The van der Waals surface area contributed by atoms with Gasteiger partial charge in [0.15, 0.2) is 0 Å². The first-order chi connectivity index (χ1) is 15.6. The Kier molecular flexibility index (Phi) is 6.07. The van der Waals surface area contributed by atoms with Crippen LogP contribution in [0.1, 0.15) is 17.3 Å². The maximum Gasteiger partial charge on any atom is 0.413 e. The Hall–Kier alpha value is -4.26. The first-order valence-corrected chi connectivity index (χ1v) is 10.2. The van der Waals surface area contributed by atoms with Gasteiger partial charge in [0.05, 0.1) is 23.4 Å². The lowest BCUT2D eigenvalue weighted by Gasteiger charge is -2.17. The monoisotopic (exact) mass is 426 g/mol. The minimum atomic E-state index is -0.435. The Balaban J connectivity index is 1.62. The van der Waals surface area contributed by atoms with E-state index in [-0.39, 0.29) is 5.91 Å². The number of para-hydroxylation sites is 1. The van der Waals surface area contributed by atoms with Crippen molar-refractivity contribution in [3.63, 3.8) is 0 Å². The summed E-state index contributed by atoms with van der Waals surface area (Å²) in [4.78, 5) is 35.3. The van der Waals surface area contributed by atoms with Crippen LogP contribution in [0.15, 0.2) is 79.1 Å². The van der Waals surface area contributed by atoms with Crippen LogP contribution in [0, 0.1) is 0 Å².